The number of unbranched alkanes of at least 4 members (excludes halogenated alkanes) is 5. The minimum atomic E-state index is 0.873. The first-order chi connectivity index (χ1) is 9.42. The molecule has 110 valence electrons. The Morgan fingerprint density at radius 1 is 0.947 bits per heavy atom. The molecule has 0 aromatic rings. The van der Waals surface area contributed by atoms with Crippen LogP contribution in [0.5, 0.6) is 0 Å². The molecule has 0 amide bonds. The van der Waals surface area contributed by atoms with E-state index < -0.39 is 0 Å². The Hall–Kier alpha value is -0.300. The Morgan fingerprint density at radius 3 is 2.68 bits per heavy atom. The lowest BCUT2D eigenvalue weighted by Gasteiger charge is -2.37. The highest BCUT2D eigenvalue weighted by molar-refractivity contribution is 4.94. The Balaban J connectivity index is 1.56. The first kappa shape index (κ1) is 15.1. The molecule has 0 aromatic heterocycles. The summed E-state index contributed by atoms with van der Waals surface area (Å²) in [7, 11) is 0. The quantitative estimate of drug-likeness (QED) is 0.424. The molecule has 0 N–H and O–H groups in total. The normalized spacial score (nSPS) is 28.1. The van der Waals surface area contributed by atoms with Gasteiger partial charge in [-0.05, 0) is 51.5 Å². The van der Waals surface area contributed by atoms with Crippen molar-refractivity contribution in [1.29, 1.82) is 0 Å². The maximum absolute atomic E-state index is 2.81. The lowest BCUT2D eigenvalue weighted by molar-refractivity contribution is 0.124. The lowest BCUT2D eigenvalue weighted by Crippen LogP contribution is -2.42. The largest absolute Gasteiger partial charge is 0.297 e. The zero-order valence-electron chi connectivity index (χ0n) is 12.9. The third kappa shape index (κ3) is 4.95. The Kier molecular flexibility index (Phi) is 6.98. The van der Waals surface area contributed by atoms with Gasteiger partial charge in [0.25, 0.3) is 0 Å². The predicted octanol–water partition coefficient (Wildman–Crippen LogP) is 5.31. The van der Waals surface area contributed by atoms with Gasteiger partial charge in [0.1, 0.15) is 0 Å². The number of hydrogen-bond donors (Lipinski definition) is 0. The van der Waals surface area contributed by atoms with Crippen LogP contribution in [0.25, 0.3) is 0 Å². The van der Waals surface area contributed by atoms with Crippen LogP contribution < -0.4 is 0 Å². The van der Waals surface area contributed by atoms with Gasteiger partial charge in [-0.1, -0.05) is 51.2 Å². The third-order valence-corrected chi connectivity index (χ3v) is 5.02. The van der Waals surface area contributed by atoms with Gasteiger partial charge in [0.2, 0.25) is 0 Å². The van der Waals surface area contributed by atoms with E-state index in [4.69, 9.17) is 0 Å². The molecule has 0 aromatic carbocycles. The van der Waals surface area contributed by atoms with Crippen molar-refractivity contribution in [3.8, 4) is 0 Å². The highest BCUT2D eigenvalue weighted by atomic mass is 15.2. The average molecular weight is 263 g/mol. The van der Waals surface area contributed by atoms with Crippen LogP contribution in [0.3, 0.4) is 0 Å². The number of allylic oxidation sites excluding steroid dienone is 1. The van der Waals surface area contributed by atoms with Crippen LogP contribution in [0.4, 0.5) is 0 Å². The maximum atomic E-state index is 2.81. The molecule has 2 aliphatic rings. The van der Waals surface area contributed by atoms with Gasteiger partial charge in [-0.2, -0.15) is 0 Å². The van der Waals surface area contributed by atoms with Crippen LogP contribution in [-0.4, -0.2) is 23.5 Å². The highest BCUT2D eigenvalue weighted by Gasteiger charge is 2.32. The van der Waals surface area contributed by atoms with Crippen LogP contribution >= 0.6 is 0 Å². The fourth-order valence-corrected chi connectivity index (χ4v) is 3.89. The van der Waals surface area contributed by atoms with Gasteiger partial charge in [0, 0.05) is 12.1 Å². The van der Waals surface area contributed by atoms with Crippen LogP contribution in [0, 0.1) is 0 Å². The molecular formula is C18H33N. The van der Waals surface area contributed by atoms with Crippen molar-refractivity contribution in [3.63, 3.8) is 0 Å². The summed E-state index contributed by atoms with van der Waals surface area (Å²) >= 11 is 0. The number of hydrogen-bond acceptors (Lipinski definition) is 1. The van der Waals surface area contributed by atoms with Gasteiger partial charge in [-0.15, -0.1) is 0 Å². The van der Waals surface area contributed by atoms with Crippen LogP contribution in [0.1, 0.15) is 84.0 Å². The topological polar surface area (TPSA) is 3.24 Å². The molecular weight excluding hydrogens is 230 g/mol. The maximum Gasteiger partial charge on any atom is 0.0133 e. The molecule has 0 bridgehead atoms. The molecule has 19 heavy (non-hydrogen) atoms. The Bertz CT molecular complexity index is 258. The van der Waals surface area contributed by atoms with Gasteiger partial charge in [-0.25, -0.2) is 0 Å². The van der Waals surface area contributed by atoms with Crippen molar-refractivity contribution in [3.05, 3.63) is 12.2 Å². The molecule has 2 atom stereocenters. The highest BCUT2D eigenvalue weighted by Crippen LogP contribution is 2.32. The van der Waals surface area contributed by atoms with E-state index in [0.717, 1.165) is 12.1 Å². The Morgan fingerprint density at radius 2 is 1.79 bits per heavy atom. The molecule has 2 rings (SSSR count). The summed E-state index contributed by atoms with van der Waals surface area (Å²) < 4.78 is 0. The van der Waals surface area contributed by atoms with Gasteiger partial charge in [0.15, 0.2) is 0 Å². The molecule has 0 unspecified atom stereocenters. The summed E-state index contributed by atoms with van der Waals surface area (Å²) in [6.45, 7) is 3.66. The first-order valence-corrected chi connectivity index (χ1v) is 8.82. The molecule has 1 nitrogen and oxygen atoms in total. The number of piperidine rings is 1. The smallest absolute Gasteiger partial charge is 0.0133 e. The van der Waals surface area contributed by atoms with Crippen molar-refractivity contribution in [2.24, 2.45) is 0 Å². The zero-order chi connectivity index (χ0) is 13.3. The molecule has 2 fully saturated rings. The average Bonchev–Trinajstić information content (AvgIpc) is 2.91. The van der Waals surface area contributed by atoms with Gasteiger partial charge >= 0.3 is 0 Å². The molecule has 0 saturated carbocycles. The number of nitrogens with zero attached hydrogens (tertiary/aromatic N) is 1. The summed E-state index contributed by atoms with van der Waals surface area (Å²) in [5.74, 6) is 0. The van der Waals surface area contributed by atoms with E-state index in [2.05, 4.69) is 24.0 Å². The van der Waals surface area contributed by atoms with Crippen molar-refractivity contribution in [2.75, 3.05) is 6.54 Å². The van der Waals surface area contributed by atoms with E-state index in [1.807, 2.05) is 0 Å². The fourth-order valence-electron chi connectivity index (χ4n) is 3.89. The second-order valence-electron chi connectivity index (χ2n) is 6.53. The van der Waals surface area contributed by atoms with E-state index in [1.165, 1.54) is 83.6 Å². The van der Waals surface area contributed by atoms with Gasteiger partial charge in [0.05, 0.1) is 0 Å². The van der Waals surface area contributed by atoms with Crippen molar-refractivity contribution in [1.82, 2.24) is 4.90 Å². The van der Waals surface area contributed by atoms with E-state index in [9.17, 15) is 0 Å². The second-order valence-corrected chi connectivity index (χ2v) is 6.53. The summed E-state index contributed by atoms with van der Waals surface area (Å²) in [6, 6.07) is 1.82. The van der Waals surface area contributed by atoms with E-state index >= 15 is 0 Å². The minimum Gasteiger partial charge on any atom is -0.297 e. The summed E-state index contributed by atoms with van der Waals surface area (Å²) in [5.41, 5.74) is 0. The molecule has 0 aliphatic carbocycles. The van der Waals surface area contributed by atoms with E-state index in [1.54, 1.807) is 0 Å². The van der Waals surface area contributed by atoms with Crippen LogP contribution in [0.15, 0.2) is 12.2 Å². The SMILES string of the molecule is CCCCCCC/C=C/C[C@H]1CCC[C@H]2CCCN21. The van der Waals surface area contributed by atoms with Gasteiger partial charge < -0.3 is 0 Å². The molecule has 1 heteroatoms. The minimum absolute atomic E-state index is 0.873. The third-order valence-electron chi connectivity index (χ3n) is 5.02. The lowest BCUT2D eigenvalue weighted by atomic mass is 9.94. The van der Waals surface area contributed by atoms with Crippen LogP contribution in [-0.2, 0) is 0 Å². The van der Waals surface area contributed by atoms with Gasteiger partial charge in [-0.3, -0.25) is 4.90 Å². The number of fused-ring (bicyclic) bond motifs is 1. The number of rotatable bonds is 8. The molecule has 2 saturated heterocycles. The summed E-state index contributed by atoms with van der Waals surface area (Å²) in [6.07, 6.45) is 21.9. The summed E-state index contributed by atoms with van der Waals surface area (Å²) in [4.78, 5) is 2.81. The van der Waals surface area contributed by atoms with Crippen LogP contribution in [0.2, 0.25) is 0 Å². The molecule has 0 radical (unpaired) electrons. The fraction of sp³-hybridized carbons (Fsp3) is 0.889. The second kappa shape index (κ2) is 8.79. The predicted molar refractivity (Wildman–Crippen MR) is 84.5 cm³/mol. The van der Waals surface area contributed by atoms with Crippen molar-refractivity contribution in [2.45, 2.75) is 96.1 Å². The first-order valence-electron chi connectivity index (χ1n) is 8.82. The van der Waals surface area contributed by atoms with E-state index in [-0.39, 0.29) is 0 Å². The monoisotopic (exact) mass is 263 g/mol. The molecule has 2 heterocycles. The standard InChI is InChI=1S/C18H33N/c1-2-3-4-5-6-7-8-9-12-17-13-10-14-18-15-11-16-19(17)18/h8-9,17-18H,2-7,10-16H2,1H3/b9-8+/t17-,18-/m0/s1. The van der Waals surface area contributed by atoms with Crippen molar-refractivity contribution >= 4 is 0 Å². The molecule has 0 spiro atoms. The Labute approximate surface area is 120 Å². The summed E-state index contributed by atoms with van der Waals surface area (Å²) in [5, 5.41) is 0. The van der Waals surface area contributed by atoms with E-state index in [0.29, 0.717) is 0 Å². The molecule has 2 aliphatic heterocycles. The van der Waals surface area contributed by atoms with Crippen molar-refractivity contribution < 1.29 is 0 Å². The zero-order valence-corrected chi connectivity index (χ0v) is 12.9.